The van der Waals surface area contributed by atoms with Crippen LogP contribution in [0.4, 0.5) is 5.69 Å². The third-order valence-electron chi connectivity index (χ3n) is 3.67. The standard InChI is InChI=1S/C15H22N2O3S/c1-2-3-6-9-21(19,20)16-11-12-10-15(18)17-14-8-5-4-7-13(12)14/h4-5,7-8,12,16H,2-3,6,9-11H2,1H3,(H,17,18). The maximum Gasteiger partial charge on any atom is 0.225 e. The second-order valence-electron chi connectivity index (χ2n) is 5.41. The molecule has 1 unspecified atom stereocenters. The van der Waals surface area contributed by atoms with Crippen LogP contribution in [0, 0.1) is 0 Å². The number of anilines is 1. The van der Waals surface area contributed by atoms with Crippen LogP contribution in [0.25, 0.3) is 0 Å². The van der Waals surface area contributed by atoms with Gasteiger partial charge < -0.3 is 5.32 Å². The van der Waals surface area contributed by atoms with Crippen molar-refractivity contribution in [2.24, 2.45) is 0 Å². The predicted octanol–water partition coefficient (Wildman–Crippen LogP) is 2.22. The number of nitrogens with one attached hydrogen (secondary N) is 2. The Kier molecular flexibility index (Phi) is 5.36. The van der Waals surface area contributed by atoms with Gasteiger partial charge in [0.15, 0.2) is 0 Å². The number of rotatable bonds is 7. The molecule has 1 aliphatic rings. The molecule has 1 atom stereocenters. The second kappa shape index (κ2) is 7.04. The zero-order chi connectivity index (χ0) is 15.3. The highest BCUT2D eigenvalue weighted by molar-refractivity contribution is 7.89. The molecule has 0 radical (unpaired) electrons. The van der Waals surface area contributed by atoms with Crippen molar-refractivity contribution < 1.29 is 13.2 Å². The predicted molar refractivity (Wildman–Crippen MR) is 83.7 cm³/mol. The van der Waals surface area contributed by atoms with Gasteiger partial charge in [0, 0.05) is 24.6 Å². The van der Waals surface area contributed by atoms with Gasteiger partial charge in [-0.2, -0.15) is 0 Å². The second-order valence-corrected chi connectivity index (χ2v) is 7.34. The summed E-state index contributed by atoms with van der Waals surface area (Å²) in [5.74, 6) is -0.0127. The van der Waals surface area contributed by atoms with Crippen LogP contribution in [0.2, 0.25) is 0 Å². The summed E-state index contributed by atoms with van der Waals surface area (Å²) >= 11 is 0. The van der Waals surface area contributed by atoms with E-state index < -0.39 is 10.0 Å². The molecule has 1 amide bonds. The fraction of sp³-hybridized carbons (Fsp3) is 0.533. The van der Waals surface area contributed by atoms with E-state index in [1.54, 1.807) is 0 Å². The molecule has 0 bridgehead atoms. The minimum Gasteiger partial charge on any atom is -0.326 e. The van der Waals surface area contributed by atoms with Gasteiger partial charge in [-0.3, -0.25) is 4.79 Å². The number of para-hydroxylation sites is 1. The van der Waals surface area contributed by atoms with Crippen molar-refractivity contribution in [3.63, 3.8) is 0 Å². The molecule has 2 rings (SSSR count). The highest BCUT2D eigenvalue weighted by Crippen LogP contribution is 2.31. The van der Waals surface area contributed by atoms with E-state index in [9.17, 15) is 13.2 Å². The van der Waals surface area contributed by atoms with Gasteiger partial charge in [0.05, 0.1) is 5.75 Å². The van der Waals surface area contributed by atoms with Gasteiger partial charge in [-0.05, 0) is 18.1 Å². The lowest BCUT2D eigenvalue weighted by molar-refractivity contribution is -0.116. The Morgan fingerprint density at radius 1 is 1.29 bits per heavy atom. The highest BCUT2D eigenvalue weighted by atomic mass is 32.2. The molecule has 6 heteroatoms. The summed E-state index contributed by atoms with van der Waals surface area (Å²) in [6, 6.07) is 7.54. The van der Waals surface area contributed by atoms with Crippen molar-refractivity contribution in [3.8, 4) is 0 Å². The number of sulfonamides is 1. The van der Waals surface area contributed by atoms with Gasteiger partial charge in [-0.25, -0.2) is 13.1 Å². The molecule has 0 spiro atoms. The first kappa shape index (κ1) is 16.0. The van der Waals surface area contributed by atoms with Crippen molar-refractivity contribution in [2.75, 3.05) is 17.6 Å². The van der Waals surface area contributed by atoms with E-state index in [2.05, 4.69) is 10.0 Å². The van der Waals surface area contributed by atoms with Crippen LogP contribution < -0.4 is 10.0 Å². The first-order valence-corrected chi connectivity index (χ1v) is 9.03. The van der Waals surface area contributed by atoms with Gasteiger partial charge in [0.2, 0.25) is 15.9 Å². The van der Waals surface area contributed by atoms with E-state index >= 15 is 0 Å². The Bertz CT molecular complexity index is 599. The number of benzene rings is 1. The first-order chi connectivity index (χ1) is 10.0. The molecular formula is C15H22N2O3S. The Balaban J connectivity index is 1.99. The molecule has 0 saturated carbocycles. The number of carbonyl (C=O) groups excluding carboxylic acids is 1. The summed E-state index contributed by atoms with van der Waals surface area (Å²) < 4.78 is 26.5. The van der Waals surface area contributed by atoms with Crippen LogP contribution in [0.3, 0.4) is 0 Å². The zero-order valence-electron chi connectivity index (χ0n) is 12.3. The number of amides is 1. The molecule has 5 nitrogen and oxygen atoms in total. The normalized spacial score (nSPS) is 18.1. The molecule has 1 heterocycles. The Morgan fingerprint density at radius 2 is 2.05 bits per heavy atom. The van der Waals surface area contributed by atoms with Crippen molar-refractivity contribution in [1.29, 1.82) is 0 Å². The average Bonchev–Trinajstić information content (AvgIpc) is 2.45. The van der Waals surface area contributed by atoms with E-state index in [-0.39, 0.29) is 24.1 Å². The third kappa shape index (κ3) is 4.54. The highest BCUT2D eigenvalue weighted by Gasteiger charge is 2.25. The summed E-state index contributed by atoms with van der Waals surface area (Å²) in [6.45, 7) is 2.32. The van der Waals surface area contributed by atoms with Gasteiger partial charge in [-0.1, -0.05) is 38.0 Å². The minimum absolute atomic E-state index is 0.0659. The fourth-order valence-corrected chi connectivity index (χ4v) is 3.71. The van der Waals surface area contributed by atoms with Gasteiger partial charge in [-0.15, -0.1) is 0 Å². The largest absolute Gasteiger partial charge is 0.326 e. The topological polar surface area (TPSA) is 75.3 Å². The molecular weight excluding hydrogens is 288 g/mol. The van der Waals surface area contributed by atoms with Crippen LogP contribution in [0.5, 0.6) is 0 Å². The molecule has 1 aromatic rings. The Labute approximate surface area is 126 Å². The SMILES string of the molecule is CCCCCS(=O)(=O)NCC1CC(=O)Nc2ccccc21. The third-order valence-corrected chi connectivity index (χ3v) is 5.11. The molecule has 1 aromatic carbocycles. The number of unbranched alkanes of at least 4 members (excludes halogenated alkanes) is 2. The van der Waals surface area contributed by atoms with Crippen LogP contribution in [0.1, 0.15) is 44.1 Å². The van der Waals surface area contributed by atoms with E-state index in [1.807, 2.05) is 31.2 Å². The molecule has 0 saturated heterocycles. The van der Waals surface area contributed by atoms with E-state index in [1.165, 1.54) is 0 Å². The van der Waals surface area contributed by atoms with E-state index in [4.69, 9.17) is 0 Å². The van der Waals surface area contributed by atoms with E-state index in [0.717, 1.165) is 24.1 Å². The Hall–Kier alpha value is -1.40. The lowest BCUT2D eigenvalue weighted by Crippen LogP contribution is -2.34. The molecule has 2 N–H and O–H groups in total. The smallest absolute Gasteiger partial charge is 0.225 e. The van der Waals surface area contributed by atoms with Crippen molar-refractivity contribution >= 4 is 21.6 Å². The van der Waals surface area contributed by atoms with Gasteiger partial charge >= 0.3 is 0 Å². The van der Waals surface area contributed by atoms with Crippen molar-refractivity contribution in [2.45, 2.75) is 38.5 Å². The summed E-state index contributed by atoms with van der Waals surface area (Å²) in [6.07, 6.45) is 2.89. The monoisotopic (exact) mass is 310 g/mol. The lowest BCUT2D eigenvalue weighted by Gasteiger charge is -2.25. The molecule has 1 aliphatic heterocycles. The number of fused-ring (bicyclic) bond motifs is 1. The number of carbonyl (C=O) groups is 1. The summed E-state index contributed by atoms with van der Waals surface area (Å²) in [5.41, 5.74) is 1.78. The summed E-state index contributed by atoms with van der Waals surface area (Å²) in [7, 11) is -3.25. The van der Waals surface area contributed by atoms with Crippen LogP contribution in [0.15, 0.2) is 24.3 Å². The first-order valence-electron chi connectivity index (χ1n) is 7.38. The fourth-order valence-electron chi connectivity index (χ4n) is 2.53. The van der Waals surface area contributed by atoms with Gasteiger partial charge in [0.1, 0.15) is 0 Å². The van der Waals surface area contributed by atoms with E-state index in [0.29, 0.717) is 12.8 Å². The van der Waals surface area contributed by atoms with Crippen LogP contribution in [-0.4, -0.2) is 26.6 Å². The maximum atomic E-state index is 11.9. The van der Waals surface area contributed by atoms with Crippen molar-refractivity contribution in [3.05, 3.63) is 29.8 Å². The zero-order valence-corrected chi connectivity index (χ0v) is 13.1. The van der Waals surface area contributed by atoms with Crippen molar-refractivity contribution in [1.82, 2.24) is 4.72 Å². The summed E-state index contributed by atoms with van der Waals surface area (Å²) in [5, 5.41) is 2.81. The lowest BCUT2D eigenvalue weighted by atomic mass is 9.91. The maximum absolute atomic E-state index is 11.9. The molecule has 0 aromatic heterocycles. The average molecular weight is 310 g/mol. The molecule has 21 heavy (non-hydrogen) atoms. The molecule has 0 fully saturated rings. The number of hydrogen-bond acceptors (Lipinski definition) is 3. The van der Waals surface area contributed by atoms with Gasteiger partial charge in [0.25, 0.3) is 0 Å². The Morgan fingerprint density at radius 3 is 2.81 bits per heavy atom. The van der Waals surface area contributed by atoms with Crippen LogP contribution >= 0.6 is 0 Å². The van der Waals surface area contributed by atoms with Crippen LogP contribution in [-0.2, 0) is 14.8 Å². The number of hydrogen-bond donors (Lipinski definition) is 2. The quantitative estimate of drug-likeness (QED) is 0.758. The minimum atomic E-state index is -3.25. The molecule has 116 valence electrons. The molecule has 0 aliphatic carbocycles. The summed E-state index contributed by atoms with van der Waals surface area (Å²) in [4.78, 5) is 11.7.